The Balaban J connectivity index is 1.44. The molecule has 5 nitrogen and oxygen atoms in total. The maximum atomic E-state index is 12.9. The van der Waals surface area contributed by atoms with Gasteiger partial charge in [-0.2, -0.15) is 0 Å². The smallest absolute Gasteiger partial charge is 0.222 e. The number of thioether (sulfide) groups is 1. The van der Waals surface area contributed by atoms with E-state index in [1.807, 2.05) is 12.1 Å². The van der Waals surface area contributed by atoms with Crippen LogP contribution in [0.3, 0.4) is 0 Å². The van der Waals surface area contributed by atoms with E-state index in [0.717, 1.165) is 35.0 Å². The zero-order valence-electron chi connectivity index (χ0n) is 12.9. The van der Waals surface area contributed by atoms with Crippen LogP contribution in [0.15, 0.2) is 59.9 Å². The van der Waals surface area contributed by atoms with Crippen LogP contribution in [0, 0.1) is 5.82 Å². The van der Waals surface area contributed by atoms with Gasteiger partial charge in [0.1, 0.15) is 10.8 Å². The molecule has 0 bridgehead atoms. The molecule has 0 aliphatic carbocycles. The van der Waals surface area contributed by atoms with Crippen LogP contribution in [-0.2, 0) is 0 Å². The monoisotopic (exact) mass is 341 g/mol. The lowest BCUT2D eigenvalue weighted by atomic mass is 10.1. The van der Waals surface area contributed by atoms with Crippen LogP contribution < -0.4 is 5.32 Å². The first kappa shape index (κ1) is 16.3. The average molecular weight is 341 g/mol. The van der Waals surface area contributed by atoms with Gasteiger partial charge in [0.15, 0.2) is 0 Å². The molecule has 3 aromatic rings. The molecule has 0 saturated carbocycles. The van der Waals surface area contributed by atoms with Crippen LogP contribution >= 0.6 is 11.8 Å². The molecule has 0 amide bonds. The van der Waals surface area contributed by atoms with Crippen molar-refractivity contribution in [1.29, 1.82) is 0 Å². The molecule has 0 fully saturated rings. The van der Waals surface area contributed by atoms with Crippen molar-refractivity contribution in [2.75, 3.05) is 17.6 Å². The molecular formula is C17H16FN5S. The summed E-state index contributed by atoms with van der Waals surface area (Å²) in [5.41, 5.74) is 1.59. The summed E-state index contributed by atoms with van der Waals surface area (Å²) in [5, 5.41) is 12.4. The van der Waals surface area contributed by atoms with Crippen LogP contribution in [0.1, 0.15) is 6.42 Å². The molecule has 0 radical (unpaired) electrons. The van der Waals surface area contributed by atoms with Gasteiger partial charge in [0.25, 0.3) is 0 Å². The Morgan fingerprint density at radius 1 is 0.958 bits per heavy atom. The second-order valence-electron chi connectivity index (χ2n) is 4.96. The second-order valence-corrected chi connectivity index (χ2v) is 6.08. The van der Waals surface area contributed by atoms with E-state index in [0.29, 0.717) is 5.95 Å². The summed E-state index contributed by atoms with van der Waals surface area (Å²) in [4.78, 5) is 8.21. The molecule has 24 heavy (non-hydrogen) atoms. The highest BCUT2D eigenvalue weighted by atomic mass is 32.2. The van der Waals surface area contributed by atoms with E-state index >= 15 is 0 Å². The van der Waals surface area contributed by atoms with Gasteiger partial charge in [-0.25, -0.2) is 14.4 Å². The standard InChI is InChI=1S/C17H16FN5S/c18-14-5-3-13(4-6-14)15-7-8-16(23-22-15)24-12-2-11-21-17-19-9-1-10-20-17/h1,3-10H,2,11-12H2,(H,19,20,21). The molecule has 3 rings (SSSR count). The van der Waals surface area contributed by atoms with E-state index in [-0.39, 0.29) is 5.82 Å². The quantitative estimate of drug-likeness (QED) is 0.522. The molecule has 0 saturated heterocycles. The van der Waals surface area contributed by atoms with Gasteiger partial charge in [-0.3, -0.25) is 0 Å². The number of hydrogen-bond donors (Lipinski definition) is 1. The normalized spacial score (nSPS) is 10.5. The number of rotatable bonds is 7. The molecule has 0 aliphatic heterocycles. The number of anilines is 1. The van der Waals surface area contributed by atoms with Crippen LogP contribution in [-0.4, -0.2) is 32.5 Å². The number of benzene rings is 1. The van der Waals surface area contributed by atoms with Crippen LogP contribution in [0.4, 0.5) is 10.3 Å². The summed E-state index contributed by atoms with van der Waals surface area (Å²) in [6.45, 7) is 0.804. The Kier molecular flexibility index (Phi) is 5.68. The molecule has 0 aliphatic rings. The van der Waals surface area contributed by atoms with Crippen molar-refractivity contribution in [2.45, 2.75) is 11.4 Å². The molecule has 0 spiro atoms. The van der Waals surface area contributed by atoms with Crippen molar-refractivity contribution in [1.82, 2.24) is 20.2 Å². The highest BCUT2D eigenvalue weighted by Gasteiger charge is 2.02. The minimum Gasteiger partial charge on any atom is -0.354 e. The SMILES string of the molecule is Fc1ccc(-c2ccc(SCCCNc3ncccn3)nn2)cc1. The minimum atomic E-state index is -0.256. The van der Waals surface area contributed by atoms with Crippen molar-refractivity contribution in [3.8, 4) is 11.3 Å². The van der Waals surface area contributed by atoms with Crippen molar-refractivity contribution >= 4 is 17.7 Å². The summed E-state index contributed by atoms with van der Waals surface area (Å²) in [6.07, 6.45) is 4.38. The number of hydrogen-bond acceptors (Lipinski definition) is 6. The van der Waals surface area contributed by atoms with Gasteiger partial charge >= 0.3 is 0 Å². The van der Waals surface area contributed by atoms with Gasteiger partial charge in [0.2, 0.25) is 5.95 Å². The molecule has 7 heteroatoms. The van der Waals surface area contributed by atoms with Crippen LogP contribution in [0.25, 0.3) is 11.3 Å². The predicted octanol–water partition coefficient (Wildman–Crippen LogP) is 3.67. The molecule has 2 heterocycles. The third-order valence-electron chi connectivity index (χ3n) is 3.20. The topological polar surface area (TPSA) is 63.6 Å². The Labute approximate surface area is 143 Å². The first-order valence-electron chi connectivity index (χ1n) is 7.54. The number of nitrogens with zero attached hydrogens (tertiary/aromatic N) is 4. The number of halogens is 1. The van der Waals surface area contributed by atoms with Gasteiger partial charge in [0, 0.05) is 30.3 Å². The minimum absolute atomic E-state index is 0.256. The van der Waals surface area contributed by atoms with Crippen molar-refractivity contribution in [2.24, 2.45) is 0 Å². The Bertz CT molecular complexity index is 750. The summed E-state index contributed by atoms with van der Waals surface area (Å²) in [7, 11) is 0. The van der Waals surface area contributed by atoms with Crippen molar-refractivity contribution in [3.05, 3.63) is 60.7 Å². The highest BCUT2D eigenvalue weighted by Crippen LogP contribution is 2.20. The van der Waals surface area contributed by atoms with E-state index in [9.17, 15) is 4.39 Å². The van der Waals surface area contributed by atoms with Crippen molar-refractivity contribution < 1.29 is 4.39 Å². The second kappa shape index (κ2) is 8.35. The lowest BCUT2D eigenvalue weighted by Gasteiger charge is -2.04. The van der Waals surface area contributed by atoms with Gasteiger partial charge in [0.05, 0.1) is 5.69 Å². The highest BCUT2D eigenvalue weighted by molar-refractivity contribution is 7.99. The van der Waals surface area contributed by atoms with E-state index in [1.165, 1.54) is 12.1 Å². The lowest BCUT2D eigenvalue weighted by molar-refractivity contribution is 0.628. The fraction of sp³-hybridized carbons (Fsp3) is 0.176. The van der Waals surface area contributed by atoms with Crippen LogP contribution in [0.2, 0.25) is 0 Å². The molecular weight excluding hydrogens is 325 g/mol. The van der Waals surface area contributed by atoms with Crippen molar-refractivity contribution in [3.63, 3.8) is 0 Å². The summed E-state index contributed by atoms with van der Waals surface area (Å²) >= 11 is 1.65. The largest absolute Gasteiger partial charge is 0.354 e. The molecule has 1 aromatic carbocycles. The van der Waals surface area contributed by atoms with E-state index in [2.05, 4.69) is 25.5 Å². The zero-order valence-corrected chi connectivity index (χ0v) is 13.7. The summed E-state index contributed by atoms with van der Waals surface area (Å²) in [5.74, 6) is 1.31. The fourth-order valence-electron chi connectivity index (χ4n) is 2.01. The Hall–Kier alpha value is -2.54. The first-order valence-corrected chi connectivity index (χ1v) is 8.53. The lowest BCUT2D eigenvalue weighted by Crippen LogP contribution is -2.05. The molecule has 0 unspecified atom stereocenters. The Morgan fingerprint density at radius 2 is 1.75 bits per heavy atom. The third-order valence-corrected chi connectivity index (χ3v) is 4.21. The zero-order chi connectivity index (χ0) is 16.6. The molecule has 2 aromatic heterocycles. The van der Waals surface area contributed by atoms with Crippen LogP contribution in [0.5, 0.6) is 0 Å². The first-order chi connectivity index (χ1) is 11.8. The van der Waals surface area contributed by atoms with Gasteiger partial charge in [-0.1, -0.05) is 0 Å². The third kappa shape index (κ3) is 4.73. The predicted molar refractivity (Wildman–Crippen MR) is 93.3 cm³/mol. The maximum absolute atomic E-state index is 12.9. The number of aromatic nitrogens is 4. The van der Waals surface area contributed by atoms with E-state index < -0.39 is 0 Å². The van der Waals surface area contributed by atoms with Gasteiger partial charge in [-0.15, -0.1) is 22.0 Å². The molecule has 0 atom stereocenters. The fourth-order valence-corrected chi connectivity index (χ4v) is 2.77. The summed E-state index contributed by atoms with van der Waals surface area (Å²) in [6, 6.07) is 11.9. The molecule has 1 N–H and O–H groups in total. The van der Waals surface area contributed by atoms with Gasteiger partial charge in [-0.05, 0) is 48.9 Å². The van der Waals surface area contributed by atoms with E-state index in [1.54, 1.807) is 42.4 Å². The van der Waals surface area contributed by atoms with Gasteiger partial charge < -0.3 is 5.32 Å². The molecule has 122 valence electrons. The summed E-state index contributed by atoms with van der Waals surface area (Å²) < 4.78 is 12.9. The Morgan fingerprint density at radius 3 is 2.46 bits per heavy atom. The average Bonchev–Trinajstić information content (AvgIpc) is 2.64. The number of nitrogens with one attached hydrogen (secondary N) is 1. The van der Waals surface area contributed by atoms with E-state index in [4.69, 9.17) is 0 Å². The maximum Gasteiger partial charge on any atom is 0.222 e.